The number of benzene rings is 4. The van der Waals surface area contributed by atoms with Crippen LogP contribution in [0.4, 0.5) is 0 Å². The van der Waals surface area contributed by atoms with Gasteiger partial charge in [-0.2, -0.15) is 0 Å². The average molecular weight is 749 g/mol. The fraction of sp³-hybridized carbons (Fsp3) is 0.100. The minimum absolute atomic E-state index is 0. The summed E-state index contributed by atoms with van der Waals surface area (Å²) < 4.78 is 6.47. The standard InChI is InChI=1S/C29H24NO.C11H8N.Ir/c1-19(2)23-14-15-30-27(18-23)24-16-25-20(3)28(22-12-8-5-9-13-22)31-29(25)26(17-24)21-10-6-4-7-11-21;1-2-6-10(7-3-1)11-8-4-5-9-12-11;/h4-15,17-19H,1-3H3;1-6,8-9H;/q2*-1;. The van der Waals surface area contributed by atoms with Crippen LogP contribution < -0.4 is 0 Å². The molecular formula is C40H32IrN2O-2. The molecule has 0 N–H and O–H groups in total. The van der Waals surface area contributed by atoms with Crippen LogP contribution in [-0.4, -0.2) is 9.97 Å². The number of pyridine rings is 2. The Hall–Kier alpha value is -4.63. The predicted octanol–water partition coefficient (Wildman–Crippen LogP) is 10.6. The molecule has 1 radical (unpaired) electrons. The Balaban J connectivity index is 0.000000248. The molecule has 0 saturated heterocycles. The third kappa shape index (κ3) is 6.78. The Morgan fingerprint density at radius 3 is 2.00 bits per heavy atom. The quantitative estimate of drug-likeness (QED) is 0.165. The molecule has 4 heteroatoms. The Morgan fingerprint density at radius 1 is 0.659 bits per heavy atom. The summed E-state index contributed by atoms with van der Waals surface area (Å²) in [6.45, 7) is 6.52. The molecule has 3 aromatic heterocycles. The molecule has 44 heavy (non-hydrogen) atoms. The molecule has 219 valence electrons. The second-order valence-electron chi connectivity index (χ2n) is 10.7. The predicted molar refractivity (Wildman–Crippen MR) is 176 cm³/mol. The third-order valence-electron chi connectivity index (χ3n) is 7.44. The Morgan fingerprint density at radius 2 is 1.34 bits per heavy atom. The van der Waals surface area contributed by atoms with Crippen molar-refractivity contribution in [3.05, 3.63) is 157 Å². The fourth-order valence-electron chi connectivity index (χ4n) is 5.10. The molecule has 3 nitrogen and oxygen atoms in total. The Bertz CT molecular complexity index is 1900. The molecular weight excluding hydrogens is 717 g/mol. The zero-order chi connectivity index (χ0) is 29.6. The zero-order valence-corrected chi connectivity index (χ0v) is 27.3. The number of hydrogen-bond donors (Lipinski definition) is 0. The van der Waals surface area contributed by atoms with E-state index in [9.17, 15) is 0 Å². The molecule has 3 heterocycles. The van der Waals surface area contributed by atoms with Crippen LogP contribution >= 0.6 is 0 Å². The third-order valence-corrected chi connectivity index (χ3v) is 7.44. The molecule has 0 aliphatic heterocycles. The summed E-state index contributed by atoms with van der Waals surface area (Å²) in [5.74, 6) is 1.34. The van der Waals surface area contributed by atoms with E-state index in [4.69, 9.17) is 4.42 Å². The zero-order valence-electron chi connectivity index (χ0n) is 24.9. The summed E-state index contributed by atoms with van der Waals surface area (Å²) >= 11 is 0. The molecule has 0 unspecified atom stereocenters. The molecule has 0 fully saturated rings. The summed E-state index contributed by atoms with van der Waals surface area (Å²) in [7, 11) is 0. The molecule has 7 rings (SSSR count). The molecule has 7 aromatic rings. The maximum atomic E-state index is 6.47. The van der Waals surface area contributed by atoms with Crippen molar-refractivity contribution in [1.82, 2.24) is 9.97 Å². The van der Waals surface area contributed by atoms with Crippen molar-refractivity contribution < 1.29 is 24.5 Å². The molecule has 0 spiro atoms. The van der Waals surface area contributed by atoms with Gasteiger partial charge in [0.2, 0.25) is 0 Å². The van der Waals surface area contributed by atoms with Crippen LogP contribution in [0.3, 0.4) is 0 Å². The maximum Gasteiger partial charge on any atom is 0.0944 e. The Labute approximate surface area is 273 Å². The van der Waals surface area contributed by atoms with Crippen LogP contribution in [0.15, 0.2) is 138 Å². The molecule has 0 aliphatic rings. The minimum Gasteiger partial charge on any atom is -0.499 e. The van der Waals surface area contributed by atoms with Crippen molar-refractivity contribution in [2.45, 2.75) is 26.7 Å². The number of furan rings is 1. The largest absolute Gasteiger partial charge is 0.499 e. The van der Waals surface area contributed by atoms with Crippen molar-refractivity contribution in [3.63, 3.8) is 0 Å². The van der Waals surface area contributed by atoms with Gasteiger partial charge in [-0.05, 0) is 40.4 Å². The van der Waals surface area contributed by atoms with Crippen LogP contribution in [0, 0.1) is 19.1 Å². The molecule has 0 aliphatic carbocycles. The van der Waals surface area contributed by atoms with Crippen LogP contribution in [0.5, 0.6) is 0 Å². The number of hydrogen-bond acceptors (Lipinski definition) is 3. The number of nitrogens with zero attached hydrogens (tertiary/aromatic N) is 2. The van der Waals surface area contributed by atoms with Crippen LogP contribution in [0.25, 0.3) is 55.9 Å². The SMILES string of the molecule is Cc1c(-c2ccccc2)oc2c(-c3ccccc3)cc(-c3cc(C(C)C)ccn3)[c-]c12.[Ir].[c-]1ccccc1-c1ccccn1. The summed E-state index contributed by atoms with van der Waals surface area (Å²) in [5, 5.41) is 1.01. The van der Waals surface area contributed by atoms with Gasteiger partial charge in [0, 0.05) is 43.8 Å². The molecule has 0 atom stereocenters. The van der Waals surface area contributed by atoms with Gasteiger partial charge in [0.1, 0.15) is 0 Å². The first kappa shape index (κ1) is 30.8. The number of rotatable bonds is 5. The van der Waals surface area contributed by atoms with Crippen molar-refractivity contribution in [2.75, 3.05) is 0 Å². The second-order valence-corrected chi connectivity index (χ2v) is 10.7. The van der Waals surface area contributed by atoms with Gasteiger partial charge < -0.3 is 9.40 Å². The average Bonchev–Trinajstić information content (AvgIpc) is 3.42. The second kappa shape index (κ2) is 14.2. The smallest absolute Gasteiger partial charge is 0.0944 e. The summed E-state index contributed by atoms with van der Waals surface area (Å²) in [4.78, 5) is 8.88. The van der Waals surface area contributed by atoms with Gasteiger partial charge in [0.05, 0.1) is 11.3 Å². The maximum absolute atomic E-state index is 6.47. The fourth-order valence-corrected chi connectivity index (χ4v) is 5.10. The van der Waals surface area contributed by atoms with E-state index >= 15 is 0 Å². The summed E-state index contributed by atoms with van der Waals surface area (Å²) in [5.41, 5.74) is 10.4. The van der Waals surface area contributed by atoms with E-state index < -0.39 is 0 Å². The van der Waals surface area contributed by atoms with E-state index in [1.165, 1.54) is 5.56 Å². The van der Waals surface area contributed by atoms with Crippen LogP contribution in [0.1, 0.15) is 30.9 Å². The van der Waals surface area contributed by atoms with Crippen molar-refractivity contribution in [3.8, 4) is 45.0 Å². The van der Waals surface area contributed by atoms with Gasteiger partial charge in [0.15, 0.2) is 0 Å². The molecule has 4 aromatic carbocycles. The minimum atomic E-state index is 0. The van der Waals surface area contributed by atoms with Gasteiger partial charge in [-0.25, -0.2) is 0 Å². The van der Waals surface area contributed by atoms with Gasteiger partial charge in [-0.3, -0.25) is 4.98 Å². The van der Waals surface area contributed by atoms with E-state index in [1.54, 1.807) is 6.20 Å². The van der Waals surface area contributed by atoms with E-state index in [1.807, 2.05) is 72.9 Å². The van der Waals surface area contributed by atoms with Crippen molar-refractivity contribution >= 4 is 11.0 Å². The first-order chi connectivity index (χ1) is 21.1. The van der Waals surface area contributed by atoms with Crippen LogP contribution in [-0.2, 0) is 20.1 Å². The van der Waals surface area contributed by atoms with Gasteiger partial charge in [0.25, 0.3) is 0 Å². The van der Waals surface area contributed by atoms with Crippen LogP contribution in [0.2, 0.25) is 0 Å². The van der Waals surface area contributed by atoms with E-state index in [2.05, 4.69) is 97.5 Å². The van der Waals surface area contributed by atoms with Crippen molar-refractivity contribution in [2.24, 2.45) is 0 Å². The Kier molecular flexibility index (Phi) is 9.96. The first-order valence-corrected chi connectivity index (χ1v) is 14.5. The van der Waals surface area contributed by atoms with Gasteiger partial charge >= 0.3 is 0 Å². The van der Waals surface area contributed by atoms with E-state index in [0.717, 1.165) is 61.5 Å². The van der Waals surface area contributed by atoms with Gasteiger partial charge in [-0.1, -0.05) is 116 Å². The van der Waals surface area contributed by atoms with E-state index in [0.29, 0.717) is 5.92 Å². The molecule has 0 bridgehead atoms. The normalized spacial score (nSPS) is 10.6. The molecule has 0 amide bonds. The van der Waals surface area contributed by atoms with E-state index in [-0.39, 0.29) is 20.1 Å². The first-order valence-electron chi connectivity index (χ1n) is 14.5. The monoisotopic (exact) mass is 749 g/mol. The number of fused-ring (bicyclic) bond motifs is 1. The molecule has 0 saturated carbocycles. The summed E-state index contributed by atoms with van der Waals surface area (Å²) in [6.07, 6.45) is 3.68. The number of aryl methyl sites for hydroxylation is 1. The topological polar surface area (TPSA) is 38.9 Å². The number of aromatic nitrogens is 2. The van der Waals surface area contributed by atoms with Crippen molar-refractivity contribution in [1.29, 1.82) is 0 Å². The summed E-state index contributed by atoms with van der Waals surface area (Å²) in [6, 6.07) is 47.5. The van der Waals surface area contributed by atoms with Gasteiger partial charge in [-0.15, -0.1) is 48.0 Å².